The fraction of sp³-hybridized carbons (Fsp3) is 0.400. The van der Waals surface area contributed by atoms with Crippen LogP contribution in [0.5, 0.6) is 0 Å². The Hall–Kier alpha value is -1.23. The molecular formula is C10H13F3N2. The lowest BCUT2D eigenvalue weighted by atomic mass is 10.1. The zero-order valence-corrected chi connectivity index (χ0v) is 8.60. The molecule has 0 spiro atoms. The van der Waals surface area contributed by atoms with Crippen LogP contribution in [-0.2, 0) is 12.7 Å². The Morgan fingerprint density at radius 3 is 2.27 bits per heavy atom. The highest BCUT2D eigenvalue weighted by Crippen LogP contribution is 2.32. The molecule has 0 aliphatic carbocycles. The van der Waals surface area contributed by atoms with Gasteiger partial charge in [-0.3, -0.25) is 0 Å². The number of anilines is 1. The van der Waals surface area contributed by atoms with E-state index >= 15 is 0 Å². The quantitative estimate of drug-likeness (QED) is 0.824. The zero-order valence-electron chi connectivity index (χ0n) is 8.60. The lowest BCUT2D eigenvalue weighted by Crippen LogP contribution is -2.15. The third kappa shape index (κ3) is 2.62. The molecule has 0 aromatic heterocycles. The van der Waals surface area contributed by atoms with Crippen molar-refractivity contribution in [3.05, 3.63) is 29.3 Å². The third-order valence-corrected chi connectivity index (χ3v) is 2.11. The highest BCUT2D eigenvalue weighted by molar-refractivity contribution is 5.54. The van der Waals surface area contributed by atoms with Gasteiger partial charge in [-0.05, 0) is 23.8 Å². The van der Waals surface area contributed by atoms with Gasteiger partial charge in [-0.25, -0.2) is 0 Å². The van der Waals surface area contributed by atoms with Crippen molar-refractivity contribution in [2.45, 2.75) is 12.7 Å². The van der Waals surface area contributed by atoms with Crippen molar-refractivity contribution in [2.24, 2.45) is 5.73 Å². The van der Waals surface area contributed by atoms with Gasteiger partial charge in [-0.1, -0.05) is 0 Å². The highest BCUT2D eigenvalue weighted by Gasteiger charge is 2.30. The summed E-state index contributed by atoms with van der Waals surface area (Å²) in [5.41, 5.74) is 5.96. The number of hydrogen-bond donors (Lipinski definition) is 1. The van der Waals surface area contributed by atoms with Crippen LogP contribution in [0.2, 0.25) is 0 Å². The van der Waals surface area contributed by atoms with E-state index in [1.165, 1.54) is 6.07 Å². The average molecular weight is 218 g/mol. The Labute approximate surface area is 86.5 Å². The number of rotatable bonds is 2. The van der Waals surface area contributed by atoms with Gasteiger partial charge in [0.25, 0.3) is 0 Å². The lowest BCUT2D eigenvalue weighted by Gasteiger charge is -2.18. The molecule has 2 nitrogen and oxygen atoms in total. The predicted molar refractivity (Wildman–Crippen MR) is 53.7 cm³/mol. The van der Waals surface area contributed by atoms with Crippen molar-refractivity contribution < 1.29 is 13.2 Å². The molecular weight excluding hydrogens is 205 g/mol. The Bertz CT molecular complexity index is 345. The molecule has 84 valence electrons. The summed E-state index contributed by atoms with van der Waals surface area (Å²) in [4.78, 5) is 1.74. The van der Waals surface area contributed by atoms with Crippen molar-refractivity contribution >= 4 is 5.69 Å². The van der Waals surface area contributed by atoms with Crippen LogP contribution >= 0.6 is 0 Å². The molecule has 0 radical (unpaired) electrons. The summed E-state index contributed by atoms with van der Waals surface area (Å²) < 4.78 is 37.1. The second-order valence-corrected chi connectivity index (χ2v) is 3.44. The van der Waals surface area contributed by atoms with E-state index in [2.05, 4.69) is 0 Å². The molecule has 0 aliphatic heterocycles. The van der Waals surface area contributed by atoms with E-state index in [1.54, 1.807) is 19.0 Å². The molecule has 0 unspecified atom stereocenters. The molecule has 1 aromatic carbocycles. The Balaban J connectivity index is 3.19. The smallest absolute Gasteiger partial charge is 0.377 e. The summed E-state index contributed by atoms with van der Waals surface area (Å²) in [6.07, 6.45) is -4.31. The first-order chi connectivity index (χ1) is 6.86. The monoisotopic (exact) mass is 218 g/mol. The van der Waals surface area contributed by atoms with E-state index in [0.717, 1.165) is 12.1 Å². The van der Waals surface area contributed by atoms with Crippen LogP contribution in [0.1, 0.15) is 11.1 Å². The van der Waals surface area contributed by atoms with Gasteiger partial charge >= 0.3 is 6.18 Å². The van der Waals surface area contributed by atoms with Gasteiger partial charge in [0.2, 0.25) is 0 Å². The summed E-state index contributed by atoms with van der Waals surface area (Å²) in [5.74, 6) is 0. The molecule has 1 aromatic rings. The largest absolute Gasteiger partial charge is 0.416 e. The molecule has 1 rings (SSSR count). The molecule has 0 aliphatic rings. The number of benzene rings is 1. The normalized spacial score (nSPS) is 11.6. The van der Waals surface area contributed by atoms with Gasteiger partial charge in [-0.2, -0.15) is 13.2 Å². The van der Waals surface area contributed by atoms with Gasteiger partial charge in [0, 0.05) is 26.3 Å². The summed E-state index contributed by atoms with van der Waals surface area (Å²) >= 11 is 0. The highest BCUT2D eigenvalue weighted by atomic mass is 19.4. The van der Waals surface area contributed by atoms with Crippen molar-refractivity contribution in [3.63, 3.8) is 0 Å². The molecule has 0 saturated heterocycles. The number of nitrogens with two attached hydrogens (primary N) is 1. The van der Waals surface area contributed by atoms with E-state index in [-0.39, 0.29) is 6.54 Å². The fourth-order valence-electron chi connectivity index (χ4n) is 1.36. The maximum atomic E-state index is 12.4. The number of alkyl halides is 3. The van der Waals surface area contributed by atoms with Crippen LogP contribution in [0.4, 0.5) is 18.9 Å². The molecule has 2 N–H and O–H groups in total. The topological polar surface area (TPSA) is 29.3 Å². The predicted octanol–water partition coefficient (Wildman–Crippen LogP) is 2.23. The van der Waals surface area contributed by atoms with Gasteiger partial charge in [0.1, 0.15) is 0 Å². The molecule has 0 bridgehead atoms. The maximum Gasteiger partial charge on any atom is 0.416 e. The zero-order chi connectivity index (χ0) is 11.6. The SMILES string of the molecule is CN(C)c1ccc(C(F)(F)F)cc1CN. The van der Waals surface area contributed by atoms with Crippen molar-refractivity contribution in [2.75, 3.05) is 19.0 Å². The van der Waals surface area contributed by atoms with Crippen LogP contribution in [-0.4, -0.2) is 14.1 Å². The Kier molecular flexibility index (Phi) is 3.24. The standard InChI is InChI=1S/C10H13F3N2/c1-15(2)9-4-3-8(10(11,12)13)5-7(9)6-14/h3-5H,6,14H2,1-2H3. The van der Waals surface area contributed by atoms with Gasteiger partial charge in [-0.15, -0.1) is 0 Å². The molecule has 0 heterocycles. The van der Waals surface area contributed by atoms with Crippen LogP contribution < -0.4 is 10.6 Å². The molecule has 5 heteroatoms. The molecule has 0 saturated carbocycles. The number of hydrogen-bond acceptors (Lipinski definition) is 2. The maximum absolute atomic E-state index is 12.4. The minimum absolute atomic E-state index is 0.0947. The summed E-state index contributed by atoms with van der Waals surface area (Å²) in [6, 6.07) is 3.59. The molecule has 0 fully saturated rings. The Morgan fingerprint density at radius 1 is 1.27 bits per heavy atom. The summed E-state index contributed by atoms with van der Waals surface area (Å²) in [5, 5.41) is 0. The van der Waals surface area contributed by atoms with E-state index < -0.39 is 11.7 Å². The van der Waals surface area contributed by atoms with Crippen molar-refractivity contribution in [3.8, 4) is 0 Å². The molecule has 0 atom stereocenters. The molecule has 15 heavy (non-hydrogen) atoms. The van der Waals surface area contributed by atoms with Gasteiger partial charge in [0.15, 0.2) is 0 Å². The number of nitrogens with zero attached hydrogens (tertiary/aromatic N) is 1. The first kappa shape index (κ1) is 11.8. The van der Waals surface area contributed by atoms with Crippen LogP contribution in [0.3, 0.4) is 0 Å². The van der Waals surface area contributed by atoms with E-state index in [0.29, 0.717) is 11.3 Å². The second-order valence-electron chi connectivity index (χ2n) is 3.44. The fourth-order valence-corrected chi connectivity index (χ4v) is 1.36. The van der Waals surface area contributed by atoms with E-state index in [1.807, 2.05) is 0 Å². The first-order valence-electron chi connectivity index (χ1n) is 4.43. The first-order valence-corrected chi connectivity index (χ1v) is 4.43. The lowest BCUT2D eigenvalue weighted by molar-refractivity contribution is -0.137. The van der Waals surface area contributed by atoms with Gasteiger partial charge in [0.05, 0.1) is 5.56 Å². The minimum atomic E-state index is -4.31. The summed E-state index contributed by atoms with van der Waals surface area (Å²) in [7, 11) is 3.53. The summed E-state index contributed by atoms with van der Waals surface area (Å²) in [6.45, 7) is 0.0947. The van der Waals surface area contributed by atoms with Crippen LogP contribution in [0.15, 0.2) is 18.2 Å². The third-order valence-electron chi connectivity index (χ3n) is 2.11. The average Bonchev–Trinajstić information content (AvgIpc) is 2.15. The van der Waals surface area contributed by atoms with Crippen molar-refractivity contribution in [1.82, 2.24) is 0 Å². The van der Waals surface area contributed by atoms with Crippen molar-refractivity contribution in [1.29, 1.82) is 0 Å². The van der Waals surface area contributed by atoms with Crippen LogP contribution in [0, 0.1) is 0 Å². The van der Waals surface area contributed by atoms with Gasteiger partial charge < -0.3 is 10.6 Å². The minimum Gasteiger partial charge on any atom is -0.377 e. The van der Waals surface area contributed by atoms with E-state index in [4.69, 9.17) is 5.73 Å². The molecule has 0 amide bonds. The second kappa shape index (κ2) is 4.10. The number of halogens is 3. The van der Waals surface area contributed by atoms with Crippen LogP contribution in [0.25, 0.3) is 0 Å². The Morgan fingerprint density at radius 2 is 1.87 bits per heavy atom. The van der Waals surface area contributed by atoms with E-state index in [9.17, 15) is 13.2 Å².